The van der Waals surface area contributed by atoms with Crippen molar-refractivity contribution in [2.75, 3.05) is 24.5 Å². The first-order chi connectivity index (χ1) is 9.31. The number of nitrogens with zero attached hydrogens (tertiary/aromatic N) is 3. The van der Waals surface area contributed by atoms with E-state index < -0.39 is 0 Å². The molecule has 1 aromatic heterocycles. The van der Waals surface area contributed by atoms with Crippen LogP contribution in [-0.4, -0.2) is 29.6 Å². The predicted octanol–water partition coefficient (Wildman–Crippen LogP) is 2.99. The number of nitrogens with one attached hydrogen (secondary N) is 1. The highest BCUT2D eigenvalue weighted by atomic mass is 15.2. The summed E-state index contributed by atoms with van der Waals surface area (Å²) in [5.74, 6) is 1.03. The molecule has 0 atom stereocenters. The molecule has 0 unspecified atom stereocenters. The number of hydrogen-bond donors (Lipinski definition) is 1. The minimum absolute atomic E-state index is 0.798. The molecule has 0 aromatic carbocycles. The topological polar surface area (TPSA) is 41.1 Å². The Bertz CT molecular complexity index is 333. The summed E-state index contributed by atoms with van der Waals surface area (Å²) in [4.78, 5) is 11.4. The molecule has 1 heterocycles. The lowest BCUT2D eigenvalue weighted by Gasteiger charge is -2.23. The van der Waals surface area contributed by atoms with Gasteiger partial charge in [0.15, 0.2) is 0 Å². The lowest BCUT2D eigenvalue weighted by atomic mass is 10.2. The quantitative estimate of drug-likeness (QED) is 0.705. The number of hydrogen-bond acceptors (Lipinski definition) is 4. The Morgan fingerprint density at radius 2 is 1.74 bits per heavy atom. The summed E-state index contributed by atoms with van der Waals surface area (Å²) in [7, 11) is 0. The van der Waals surface area contributed by atoms with E-state index in [0.717, 1.165) is 37.7 Å². The van der Waals surface area contributed by atoms with Crippen molar-refractivity contribution in [3.8, 4) is 0 Å². The third-order valence-electron chi connectivity index (χ3n) is 3.12. The third-order valence-corrected chi connectivity index (χ3v) is 3.12. The van der Waals surface area contributed by atoms with E-state index in [1.165, 1.54) is 25.7 Å². The summed E-state index contributed by atoms with van der Waals surface area (Å²) in [5, 5.41) is 3.30. The van der Waals surface area contributed by atoms with Gasteiger partial charge in [-0.2, -0.15) is 0 Å². The average molecular weight is 264 g/mol. The van der Waals surface area contributed by atoms with Crippen molar-refractivity contribution < 1.29 is 0 Å². The van der Waals surface area contributed by atoms with Gasteiger partial charge in [0.25, 0.3) is 0 Å². The van der Waals surface area contributed by atoms with Crippen LogP contribution in [0.2, 0.25) is 0 Å². The van der Waals surface area contributed by atoms with Crippen LogP contribution in [-0.2, 0) is 6.54 Å². The summed E-state index contributed by atoms with van der Waals surface area (Å²) in [6, 6.07) is 0. The fourth-order valence-corrected chi connectivity index (χ4v) is 1.92. The molecule has 0 aliphatic rings. The zero-order chi connectivity index (χ0) is 13.9. The van der Waals surface area contributed by atoms with Gasteiger partial charge in [-0.1, -0.05) is 33.6 Å². The highest BCUT2D eigenvalue weighted by Crippen LogP contribution is 2.12. The number of aromatic nitrogens is 2. The van der Waals surface area contributed by atoms with Gasteiger partial charge in [0.05, 0.1) is 11.9 Å². The normalized spacial score (nSPS) is 10.7. The molecule has 4 heteroatoms. The zero-order valence-corrected chi connectivity index (χ0v) is 12.7. The Morgan fingerprint density at radius 1 is 1.05 bits per heavy atom. The van der Waals surface area contributed by atoms with E-state index in [0.29, 0.717) is 0 Å². The molecule has 19 heavy (non-hydrogen) atoms. The summed E-state index contributed by atoms with van der Waals surface area (Å²) in [6.07, 6.45) is 8.59. The Labute approximate surface area is 117 Å². The Balaban J connectivity index is 2.69. The van der Waals surface area contributed by atoms with E-state index in [1.807, 2.05) is 12.4 Å². The lowest BCUT2D eigenvalue weighted by Crippen LogP contribution is -2.27. The van der Waals surface area contributed by atoms with Crippen LogP contribution >= 0.6 is 0 Å². The second kappa shape index (κ2) is 9.73. The Kier molecular flexibility index (Phi) is 8.14. The van der Waals surface area contributed by atoms with Gasteiger partial charge < -0.3 is 10.2 Å². The molecule has 1 aromatic rings. The van der Waals surface area contributed by atoms with Crippen LogP contribution in [0.5, 0.6) is 0 Å². The van der Waals surface area contributed by atoms with E-state index in [2.05, 4.69) is 36.0 Å². The monoisotopic (exact) mass is 264 g/mol. The first-order valence-electron chi connectivity index (χ1n) is 7.58. The predicted molar refractivity (Wildman–Crippen MR) is 81.4 cm³/mol. The van der Waals surface area contributed by atoms with Crippen molar-refractivity contribution in [3.63, 3.8) is 0 Å². The van der Waals surface area contributed by atoms with Crippen LogP contribution in [0.4, 0.5) is 5.82 Å². The molecule has 0 fully saturated rings. The van der Waals surface area contributed by atoms with Crippen LogP contribution in [0.15, 0.2) is 12.4 Å². The molecule has 1 N–H and O–H groups in total. The zero-order valence-electron chi connectivity index (χ0n) is 12.7. The van der Waals surface area contributed by atoms with Gasteiger partial charge in [-0.05, 0) is 19.4 Å². The Morgan fingerprint density at radius 3 is 2.32 bits per heavy atom. The van der Waals surface area contributed by atoms with E-state index in [4.69, 9.17) is 4.98 Å². The molecule has 0 aliphatic heterocycles. The average Bonchev–Trinajstić information content (AvgIpc) is 2.45. The molecule has 0 saturated carbocycles. The molecule has 4 nitrogen and oxygen atoms in total. The standard InChI is InChI=1S/C15H28N4/c1-4-7-9-19(10-8-5-2)15-13-17-12-14(18-15)11-16-6-3/h12-13,16H,4-11H2,1-3H3. The number of rotatable bonds is 10. The van der Waals surface area contributed by atoms with Gasteiger partial charge in [0, 0.05) is 25.8 Å². The molecule has 108 valence electrons. The van der Waals surface area contributed by atoms with E-state index in [9.17, 15) is 0 Å². The highest BCUT2D eigenvalue weighted by Gasteiger charge is 2.08. The van der Waals surface area contributed by atoms with Gasteiger partial charge in [-0.25, -0.2) is 4.98 Å². The molecule has 0 spiro atoms. The van der Waals surface area contributed by atoms with Crippen LogP contribution in [0.25, 0.3) is 0 Å². The maximum atomic E-state index is 4.72. The molecular weight excluding hydrogens is 236 g/mol. The molecule has 0 saturated heterocycles. The first-order valence-corrected chi connectivity index (χ1v) is 7.58. The lowest BCUT2D eigenvalue weighted by molar-refractivity contribution is 0.661. The summed E-state index contributed by atoms with van der Waals surface area (Å²) < 4.78 is 0. The fraction of sp³-hybridized carbons (Fsp3) is 0.733. The molecule has 0 radical (unpaired) electrons. The number of anilines is 1. The van der Waals surface area contributed by atoms with Crippen molar-refractivity contribution in [2.24, 2.45) is 0 Å². The largest absolute Gasteiger partial charge is 0.355 e. The molecule has 0 bridgehead atoms. The van der Waals surface area contributed by atoms with Crippen LogP contribution in [0.3, 0.4) is 0 Å². The smallest absolute Gasteiger partial charge is 0.147 e. The fourth-order valence-electron chi connectivity index (χ4n) is 1.92. The third kappa shape index (κ3) is 6.01. The van der Waals surface area contributed by atoms with Gasteiger partial charge in [-0.15, -0.1) is 0 Å². The second-order valence-electron chi connectivity index (χ2n) is 4.84. The Hall–Kier alpha value is -1.16. The van der Waals surface area contributed by atoms with Crippen molar-refractivity contribution in [2.45, 2.75) is 53.0 Å². The van der Waals surface area contributed by atoms with Crippen molar-refractivity contribution in [1.29, 1.82) is 0 Å². The van der Waals surface area contributed by atoms with E-state index >= 15 is 0 Å². The van der Waals surface area contributed by atoms with Gasteiger partial charge in [-0.3, -0.25) is 4.98 Å². The molecular formula is C15H28N4. The highest BCUT2D eigenvalue weighted by molar-refractivity contribution is 5.36. The number of unbranched alkanes of at least 4 members (excludes halogenated alkanes) is 2. The SMILES string of the molecule is CCCCN(CCCC)c1cncc(CNCC)n1. The van der Waals surface area contributed by atoms with Gasteiger partial charge in [0.1, 0.15) is 5.82 Å². The van der Waals surface area contributed by atoms with Crippen molar-refractivity contribution in [1.82, 2.24) is 15.3 Å². The van der Waals surface area contributed by atoms with Gasteiger partial charge >= 0.3 is 0 Å². The van der Waals surface area contributed by atoms with Crippen LogP contribution in [0.1, 0.15) is 52.1 Å². The first kappa shape index (κ1) is 15.9. The van der Waals surface area contributed by atoms with Crippen LogP contribution < -0.4 is 10.2 Å². The van der Waals surface area contributed by atoms with Gasteiger partial charge in [0.2, 0.25) is 0 Å². The van der Waals surface area contributed by atoms with E-state index in [-0.39, 0.29) is 0 Å². The summed E-state index contributed by atoms with van der Waals surface area (Å²) >= 11 is 0. The molecule has 1 rings (SSSR count). The van der Waals surface area contributed by atoms with Crippen LogP contribution in [0, 0.1) is 0 Å². The molecule has 0 amide bonds. The summed E-state index contributed by atoms with van der Waals surface area (Å²) in [5.41, 5.74) is 1.03. The van der Waals surface area contributed by atoms with E-state index in [1.54, 1.807) is 0 Å². The van der Waals surface area contributed by atoms with Crippen molar-refractivity contribution in [3.05, 3.63) is 18.1 Å². The maximum Gasteiger partial charge on any atom is 0.147 e. The minimum atomic E-state index is 0.798. The second-order valence-corrected chi connectivity index (χ2v) is 4.84. The summed E-state index contributed by atoms with van der Waals surface area (Å²) in [6.45, 7) is 10.5. The van der Waals surface area contributed by atoms with Crippen molar-refractivity contribution >= 4 is 5.82 Å². The maximum absolute atomic E-state index is 4.72. The minimum Gasteiger partial charge on any atom is -0.355 e. The molecule has 0 aliphatic carbocycles.